The summed E-state index contributed by atoms with van der Waals surface area (Å²) in [6.45, 7) is 0.552. The average Bonchev–Trinajstić information content (AvgIpc) is 3.20. The number of esters is 1. The van der Waals surface area contributed by atoms with Gasteiger partial charge in [0.2, 0.25) is 5.91 Å². The first kappa shape index (κ1) is 16.4. The van der Waals surface area contributed by atoms with Crippen molar-refractivity contribution in [3.05, 3.63) is 52.2 Å². The summed E-state index contributed by atoms with van der Waals surface area (Å²) in [5, 5.41) is 5.09. The Labute approximate surface area is 143 Å². The molecule has 0 aliphatic carbocycles. The molecule has 0 radical (unpaired) electrons. The molecule has 3 rings (SSSR count). The van der Waals surface area contributed by atoms with Gasteiger partial charge in [0.15, 0.2) is 0 Å². The van der Waals surface area contributed by atoms with Crippen LogP contribution in [0.5, 0.6) is 0 Å². The van der Waals surface area contributed by atoms with Crippen LogP contribution in [0, 0.1) is 0 Å². The summed E-state index contributed by atoms with van der Waals surface area (Å²) in [5.41, 5.74) is 0.825. The Hall–Kier alpha value is -2.51. The van der Waals surface area contributed by atoms with E-state index in [2.05, 4.69) is 10.1 Å². The molecule has 1 saturated heterocycles. The number of amides is 2. The largest absolute Gasteiger partial charge is 0.465 e. The third-order valence-electron chi connectivity index (χ3n) is 3.80. The number of carbonyl (C=O) groups excluding carboxylic acids is 3. The van der Waals surface area contributed by atoms with Gasteiger partial charge in [-0.3, -0.25) is 9.59 Å². The van der Waals surface area contributed by atoms with Crippen molar-refractivity contribution in [2.75, 3.05) is 12.0 Å². The van der Waals surface area contributed by atoms with E-state index in [-0.39, 0.29) is 18.2 Å². The predicted octanol–water partition coefficient (Wildman–Crippen LogP) is 1.96. The zero-order valence-electron chi connectivity index (χ0n) is 13.0. The zero-order valence-corrected chi connectivity index (χ0v) is 13.8. The molecule has 0 bridgehead atoms. The lowest BCUT2D eigenvalue weighted by atomic mass is 10.2. The van der Waals surface area contributed by atoms with Crippen LogP contribution in [0.2, 0.25) is 0 Å². The van der Waals surface area contributed by atoms with Crippen LogP contribution in [0.1, 0.15) is 21.7 Å². The molecule has 1 aliphatic rings. The van der Waals surface area contributed by atoms with Gasteiger partial charge in [-0.25, -0.2) is 9.69 Å². The number of ether oxygens (including phenoxy) is 1. The van der Waals surface area contributed by atoms with Gasteiger partial charge in [-0.1, -0.05) is 6.07 Å². The SMILES string of the molecule is COC(=O)c1ccc(N2C(=O)CC(NCc3cccs3)C2=O)cc1. The Bertz CT molecular complexity index is 755. The summed E-state index contributed by atoms with van der Waals surface area (Å²) in [5.74, 6) is -0.993. The highest BCUT2D eigenvalue weighted by molar-refractivity contribution is 7.09. The summed E-state index contributed by atoms with van der Waals surface area (Å²) in [7, 11) is 1.30. The Morgan fingerprint density at radius 1 is 1.29 bits per heavy atom. The minimum atomic E-state index is -0.528. The number of nitrogens with zero attached hydrogens (tertiary/aromatic N) is 1. The van der Waals surface area contributed by atoms with Gasteiger partial charge in [0.05, 0.1) is 30.8 Å². The lowest BCUT2D eigenvalue weighted by molar-refractivity contribution is -0.121. The fourth-order valence-corrected chi connectivity index (χ4v) is 3.22. The third-order valence-corrected chi connectivity index (χ3v) is 4.67. The van der Waals surface area contributed by atoms with E-state index in [1.807, 2.05) is 17.5 Å². The molecule has 1 aromatic carbocycles. The van der Waals surface area contributed by atoms with Gasteiger partial charge in [0.25, 0.3) is 5.91 Å². The maximum Gasteiger partial charge on any atom is 0.337 e. The summed E-state index contributed by atoms with van der Waals surface area (Å²) in [4.78, 5) is 38.4. The highest BCUT2D eigenvalue weighted by Crippen LogP contribution is 2.24. The molecular formula is C17H16N2O4S. The lowest BCUT2D eigenvalue weighted by Crippen LogP contribution is -2.38. The van der Waals surface area contributed by atoms with Gasteiger partial charge < -0.3 is 10.1 Å². The molecule has 1 aliphatic heterocycles. The number of imide groups is 1. The smallest absolute Gasteiger partial charge is 0.337 e. The summed E-state index contributed by atoms with van der Waals surface area (Å²) in [6.07, 6.45) is 0.128. The fourth-order valence-electron chi connectivity index (χ4n) is 2.56. The molecule has 2 heterocycles. The van der Waals surface area contributed by atoms with Gasteiger partial charge in [0, 0.05) is 11.4 Å². The van der Waals surface area contributed by atoms with Crippen LogP contribution in [-0.4, -0.2) is 30.9 Å². The predicted molar refractivity (Wildman–Crippen MR) is 89.8 cm³/mol. The van der Waals surface area contributed by atoms with E-state index in [1.165, 1.54) is 19.2 Å². The van der Waals surface area contributed by atoms with E-state index < -0.39 is 12.0 Å². The number of hydrogen-bond acceptors (Lipinski definition) is 6. The molecule has 2 amide bonds. The Morgan fingerprint density at radius 3 is 2.67 bits per heavy atom. The van der Waals surface area contributed by atoms with Crippen LogP contribution in [0.4, 0.5) is 5.69 Å². The van der Waals surface area contributed by atoms with E-state index in [0.29, 0.717) is 17.8 Å². The van der Waals surface area contributed by atoms with Gasteiger partial charge in [-0.05, 0) is 35.7 Å². The monoisotopic (exact) mass is 344 g/mol. The minimum Gasteiger partial charge on any atom is -0.465 e. The molecule has 1 unspecified atom stereocenters. The molecule has 1 fully saturated rings. The van der Waals surface area contributed by atoms with E-state index >= 15 is 0 Å². The van der Waals surface area contributed by atoms with Gasteiger partial charge >= 0.3 is 5.97 Å². The number of anilines is 1. The van der Waals surface area contributed by atoms with Crippen molar-refractivity contribution in [3.63, 3.8) is 0 Å². The molecule has 7 heteroatoms. The van der Waals surface area contributed by atoms with Crippen LogP contribution in [0.3, 0.4) is 0 Å². The topological polar surface area (TPSA) is 75.7 Å². The maximum atomic E-state index is 12.5. The van der Waals surface area contributed by atoms with Crippen molar-refractivity contribution in [2.45, 2.75) is 19.0 Å². The average molecular weight is 344 g/mol. The van der Waals surface area contributed by atoms with E-state index in [0.717, 1.165) is 9.78 Å². The second-order valence-electron chi connectivity index (χ2n) is 5.32. The summed E-state index contributed by atoms with van der Waals surface area (Å²) < 4.78 is 4.63. The highest BCUT2D eigenvalue weighted by atomic mass is 32.1. The quantitative estimate of drug-likeness (QED) is 0.663. The van der Waals surface area contributed by atoms with E-state index in [4.69, 9.17) is 0 Å². The highest BCUT2D eigenvalue weighted by Gasteiger charge is 2.39. The molecule has 6 nitrogen and oxygen atoms in total. The summed E-state index contributed by atoms with van der Waals surface area (Å²) >= 11 is 1.60. The second kappa shape index (κ2) is 6.94. The normalized spacial score (nSPS) is 17.4. The lowest BCUT2D eigenvalue weighted by Gasteiger charge is -2.15. The van der Waals surface area contributed by atoms with Crippen molar-refractivity contribution in [1.29, 1.82) is 0 Å². The first-order valence-electron chi connectivity index (χ1n) is 7.41. The Morgan fingerprint density at radius 2 is 2.04 bits per heavy atom. The first-order chi connectivity index (χ1) is 11.6. The van der Waals surface area contributed by atoms with Crippen LogP contribution >= 0.6 is 11.3 Å². The first-order valence-corrected chi connectivity index (χ1v) is 8.29. The molecule has 0 spiro atoms. The van der Waals surface area contributed by atoms with Crippen molar-refractivity contribution in [3.8, 4) is 0 Å². The van der Waals surface area contributed by atoms with E-state index in [9.17, 15) is 14.4 Å². The summed E-state index contributed by atoms with van der Waals surface area (Å²) in [6, 6.07) is 9.61. The van der Waals surface area contributed by atoms with E-state index in [1.54, 1.807) is 23.5 Å². The molecule has 2 aromatic rings. The molecule has 1 aromatic heterocycles. The van der Waals surface area contributed by atoms with Gasteiger partial charge in [-0.2, -0.15) is 0 Å². The number of benzene rings is 1. The van der Waals surface area contributed by atoms with Crippen molar-refractivity contribution < 1.29 is 19.1 Å². The third kappa shape index (κ3) is 3.22. The number of hydrogen-bond donors (Lipinski definition) is 1. The standard InChI is InChI=1S/C17H16N2O4S/c1-23-17(22)11-4-6-12(7-5-11)19-15(20)9-14(16(19)21)18-10-13-3-2-8-24-13/h2-8,14,18H,9-10H2,1H3. The van der Waals surface area contributed by atoms with Gasteiger partial charge in [-0.15, -0.1) is 11.3 Å². The van der Waals surface area contributed by atoms with Crippen molar-refractivity contribution in [2.24, 2.45) is 0 Å². The van der Waals surface area contributed by atoms with Crippen LogP contribution in [0.25, 0.3) is 0 Å². The number of thiophene rings is 1. The molecule has 124 valence electrons. The molecule has 1 atom stereocenters. The van der Waals surface area contributed by atoms with Crippen LogP contribution < -0.4 is 10.2 Å². The number of carbonyl (C=O) groups is 3. The van der Waals surface area contributed by atoms with Crippen LogP contribution in [-0.2, 0) is 20.9 Å². The fraction of sp³-hybridized carbons (Fsp3) is 0.235. The molecular weight excluding hydrogens is 328 g/mol. The number of rotatable bonds is 5. The Kier molecular flexibility index (Phi) is 4.73. The van der Waals surface area contributed by atoms with Crippen LogP contribution in [0.15, 0.2) is 41.8 Å². The number of nitrogens with one attached hydrogen (secondary N) is 1. The molecule has 1 N–H and O–H groups in total. The second-order valence-corrected chi connectivity index (χ2v) is 6.36. The van der Waals surface area contributed by atoms with Crippen molar-refractivity contribution >= 4 is 34.8 Å². The molecule has 24 heavy (non-hydrogen) atoms. The Balaban J connectivity index is 1.70. The van der Waals surface area contributed by atoms with Crippen molar-refractivity contribution in [1.82, 2.24) is 5.32 Å². The minimum absolute atomic E-state index is 0.128. The maximum absolute atomic E-state index is 12.5. The number of methoxy groups -OCH3 is 1. The molecule has 0 saturated carbocycles. The zero-order chi connectivity index (χ0) is 17.1. The van der Waals surface area contributed by atoms with Gasteiger partial charge in [0.1, 0.15) is 0 Å².